The van der Waals surface area contributed by atoms with Crippen molar-refractivity contribution in [2.45, 2.75) is 9.79 Å². The Kier molecular flexibility index (Phi) is 7.81. The Morgan fingerprint density at radius 1 is 0.400 bits per heavy atom. The third-order valence-electron chi connectivity index (χ3n) is 9.36. The van der Waals surface area contributed by atoms with E-state index in [0.717, 1.165) is 45.2 Å². The maximum atomic E-state index is 12.1. The van der Waals surface area contributed by atoms with Crippen LogP contribution in [0.5, 0.6) is 0 Å². The fourth-order valence-electron chi connectivity index (χ4n) is 6.86. The van der Waals surface area contributed by atoms with Gasteiger partial charge in [0.25, 0.3) is 20.2 Å². The van der Waals surface area contributed by atoms with Crippen LogP contribution in [0.1, 0.15) is 0 Å². The van der Waals surface area contributed by atoms with E-state index in [1.807, 2.05) is 72.8 Å². The van der Waals surface area contributed by atoms with Crippen LogP contribution in [-0.2, 0) is 20.2 Å². The number of hydrogen-bond acceptors (Lipinski definition) is 10. The van der Waals surface area contributed by atoms with Crippen molar-refractivity contribution in [2.24, 2.45) is 0 Å². The van der Waals surface area contributed by atoms with Gasteiger partial charge in [0.2, 0.25) is 0 Å². The first-order valence-corrected chi connectivity index (χ1v) is 19.2. The van der Waals surface area contributed by atoms with Crippen molar-refractivity contribution >= 4 is 81.7 Å². The monoisotopic (exact) mass is 777 g/mol. The number of nitrogens with one attached hydrogen (secondary N) is 2. The Morgan fingerprint density at radius 3 is 1.16 bits per heavy atom. The van der Waals surface area contributed by atoms with Gasteiger partial charge >= 0.3 is 17.4 Å². The molecule has 5 heterocycles. The van der Waals surface area contributed by atoms with Gasteiger partial charge in [-0.2, -0.15) is 16.8 Å². The molecule has 0 saturated heterocycles. The minimum atomic E-state index is -4.85. The van der Waals surface area contributed by atoms with E-state index < -0.39 is 30.0 Å². The van der Waals surface area contributed by atoms with Gasteiger partial charge in [-0.25, -0.2) is 29.9 Å². The molecule has 17 heteroatoms. The molecule has 10 rings (SSSR count). The van der Waals surface area contributed by atoms with E-state index in [0.29, 0.717) is 68.3 Å². The van der Waals surface area contributed by atoms with E-state index in [2.05, 4.69) is 9.97 Å². The first kappa shape index (κ1) is 34.6. The molecule has 3 aromatic heterocycles. The van der Waals surface area contributed by atoms with Gasteiger partial charge in [-0.1, -0.05) is 78.9 Å². The maximum Gasteiger partial charge on any atom is 3.00 e. The number of rotatable bonds is 3. The Labute approximate surface area is 321 Å². The predicted octanol–water partition coefficient (Wildman–Crippen LogP) is 6.65. The summed E-state index contributed by atoms with van der Waals surface area (Å²) in [6.45, 7) is 0. The SMILES string of the molecule is O=S(=O)(O)c1cc(-c2ccc3c4nc5nc(nc6[nH]c(nc7nc(nc([nH]4)c3c2)-c2ccccc2-7)c2ccccc62)-c2ccccc2-5)cc(S(=O)(=O)O)c1.[Al+3]. The molecule has 55 heavy (non-hydrogen) atoms. The van der Waals surface area contributed by atoms with Crippen molar-refractivity contribution in [2.75, 3.05) is 0 Å². The molecule has 2 aliphatic heterocycles. The molecule has 0 aliphatic carbocycles. The molecule has 0 saturated carbocycles. The summed E-state index contributed by atoms with van der Waals surface area (Å²) in [6, 6.07) is 30.9. The van der Waals surface area contributed by atoms with Crippen molar-refractivity contribution in [1.82, 2.24) is 39.9 Å². The third kappa shape index (κ3) is 5.78. The Hall–Kier alpha value is -6.19. The molecule has 0 fully saturated rings. The second kappa shape index (κ2) is 12.4. The largest absolute Gasteiger partial charge is 3.00 e. The predicted molar refractivity (Wildman–Crippen MR) is 207 cm³/mol. The minimum absolute atomic E-state index is 0. The van der Waals surface area contributed by atoms with Gasteiger partial charge in [0.05, 0.1) is 9.79 Å². The average molecular weight is 778 g/mol. The number of benzene rings is 5. The summed E-state index contributed by atoms with van der Waals surface area (Å²) < 4.78 is 68.2. The zero-order chi connectivity index (χ0) is 36.9. The van der Waals surface area contributed by atoms with Crippen LogP contribution in [0.4, 0.5) is 0 Å². The molecule has 2 aliphatic rings. The molecule has 0 unspecified atom stereocenters. The molecule has 14 nitrogen and oxygen atoms in total. The zero-order valence-electron chi connectivity index (χ0n) is 28.0. The van der Waals surface area contributed by atoms with Gasteiger partial charge in [-0.15, -0.1) is 0 Å². The topological polar surface area (TPSA) is 218 Å². The van der Waals surface area contributed by atoms with Crippen LogP contribution in [0, 0.1) is 0 Å². The number of fused-ring (bicyclic) bond motifs is 20. The molecular formula is C38H22AlN8O6S2+3. The second-order valence-electron chi connectivity index (χ2n) is 12.7. The van der Waals surface area contributed by atoms with Crippen molar-refractivity contribution in [3.05, 3.63) is 109 Å². The molecule has 8 bridgehead atoms. The maximum absolute atomic E-state index is 12.1. The van der Waals surface area contributed by atoms with Crippen molar-refractivity contribution in [1.29, 1.82) is 0 Å². The Bertz CT molecular complexity index is 3310. The quantitative estimate of drug-likeness (QED) is 0.110. The van der Waals surface area contributed by atoms with Gasteiger partial charge in [-0.3, -0.25) is 9.11 Å². The summed E-state index contributed by atoms with van der Waals surface area (Å²) in [5.41, 5.74) is 5.33. The molecule has 5 aromatic carbocycles. The number of aromatic nitrogens is 8. The molecule has 0 amide bonds. The van der Waals surface area contributed by atoms with E-state index in [1.54, 1.807) is 18.2 Å². The van der Waals surface area contributed by atoms with E-state index in [9.17, 15) is 25.9 Å². The van der Waals surface area contributed by atoms with Crippen LogP contribution in [0.3, 0.4) is 0 Å². The fourth-order valence-corrected chi connectivity index (χ4v) is 8.04. The third-order valence-corrected chi connectivity index (χ3v) is 11.0. The van der Waals surface area contributed by atoms with Crippen molar-refractivity contribution in [3.8, 4) is 56.7 Å². The van der Waals surface area contributed by atoms with Gasteiger partial charge in [0.1, 0.15) is 22.6 Å². The standard InChI is InChI=1S/C38H22N8O6S2.Al/c47-53(48,49)21-15-20(16-22(18-21)54(50,51)52)19-13-14-29-30(17-19)38-45-36-28-12-6-5-11-27(28)34(43-36)41-32-24-8-2-1-7-23(24)31(39-32)40-33-25-9-3-4-10-26(25)35(42-33)44-37(29)46-38;/h1-18H,(H,47,48,49)(H,50,51,52)(H2,39,40,41,42,43,44,45,46);/q;+3. The molecular weight excluding hydrogens is 756 g/mol. The van der Waals surface area contributed by atoms with Gasteiger partial charge in [0.15, 0.2) is 23.3 Å². The van der Waals surface area contributed by atoms with Crippen molar-refractivity contribution < 1.29 is 25.9 Å². The van der Waals surface area contributed by atoms with Crippen molar-refractivity contribution in [3.63, 3.8) is 0 Å². The normalized spacial score (nSPS) is 12.3. The fraction of sp³-hybridized carbons (Fsp3) is 0. The first-order chi connectivity index (χ1) is 26.0. The molecule has 262 valence electrons. The van der Waals surface area contributed by atoms with Crippen LogP contribution in [0.2, 0.25) is 0 Å². The average Bonchev–Trinajstić information content (AvgIpc) is 3.89. The summed E-state index contributed by atoms with van der Waals surface area (Å²) in [4.78, 5) is 35.0. The van der Waals surface area contributed by atoms with Crippen LogP contribution in [0.15, 0.2) is 119 Å². The van der Waals surface area contributed by atoms with Crippen LogP contribution >= 0.6 is 0 Å². The summed E-state index contributed by atoms with van der Waals surface area (Å²) in [5, 5.41) is 2.82. The minimum Gasteiger partial charge on any atom is -0.324 e. The number of H-pyrrole nitrogens is 2. The summed E-state index contributed by atoms with van der Waals surface area (Å²) in [5.74, 6) is 1.63. The van der Waals surface area contributed by atoms with E-state index in [-0.39, 0.29) is 22.9 Å². The van der Waals surface area contributed by atoms with Gasteiger partial charge < -0.3 is 9.97 Å². The Morgan fingerprint density at radius 2 is 0.764 bits per heavy atom. The van der Waals surface area contributed by atoms with Crippen LogP contribution < -0.4 is 0 Å². The van der Waals surface area contributed by atoms with E-state index >= 15 is 0 Å². The summed E-state index contributed by atoms with van der Waals surface area (Å²) in [6.07, 6.45) is 0. The van der Waals surface area contributed by atoms with Gasteiger partial charge in [-0.05, 0) is 41.5 Å². The Balaban J connectivity index is 0.00000397. The summed E-state index contributed by atoms with van der Waals surface area (Å²) in [7, 11) is -9.70. The smallest absolute Gasteiger partial charge is 0.324 e. The van der Waals surface area contributed by atoms with E-state index in [1.165, 1.54) is 0 Å². The number of hydrogen-bond donors (Lipinski definition) is 4. The molecule has 4 N–H and O–H groups in total. The van der Waals surface area contributed by atoms with E-state index in [4.69, 9.17) is 29.9 Å². The first-order valence-electron chi connectivity index (χ1n) is 16.3. The number of nitrogens with zero attached hydrogens (tertiary/aromatic N) is 6. The molecule has 0 spiro atoms. The molecule has 0 radical (unpaired) electrons. The van der Waals surface area contributed by atoms with Gasteiger partial charge in [0, 0.05) is 43.8 Å². The molecule has 0 atom stereocenters. The molecule has 8 aromatic rings. The van der Waals surface area contributed by atoms with Crippen LogP contribution in [0.25, 0.3) is 101 Å². The second-order valence-corrected chi connectivity index (χ2v) is 15.5. The zero-order valence-corrected chi connectivity index (χ0v) is 30.8. The number of aromatic amines is 2. The summed E-state index contributed by atoms with van der Waals surface area (Å²) >= 11 is 0. The van der Waals surface area contributed by atoms with Crippen LogP contribution in [-0.4, -0.2) is 83.2 Å².